The number of hydrogen-bond donors (Lipinski definition) is 2. The smallest absolute Gasteiger partial charge is 0.146 e. The zero-order chi connectivity index (χ0) is 12.7. The lowest BCUT2D eigenvalue weighted by atomic mass is 10.1. The van der Waals surface area contributed by atoms with E-state index >= 15 is 0 Å². The summed E-state index contributed by atoms with van der Waals surface area (Å²) in [5, 5.41) is 3.35. The molecule has 0 aliphatic carbocycles. The molecule has 5 heteroatoms. The van der Waals surface area contributed by atoms with E-state index in [2.05, 4.69) is 45.1 Å². The Balaban J connectivity index is 2.39. The van der Waals surface area contributed by atoms with Gasteiger partial charge in [0.25, 0.3) is 0 Å². The molecule has 1 atom stereocenters. The Hall–Kier alpha value is -0.840. The maximum atomic E-state index is 5.70. The fourth-order valence-corrected chi connectivity index (χ4v) is 1.99. The van der Waals surface area contributed by atoms with Gasteiger partial charge in [-0.15, -0.1) is 0 Å². The summed E-state index contributed by atoms with van der Waals surface area (Å²) in [6.45, 7) is 4.39. The standard InChI is InChI=1S/C12H21BrN4/c1-3-4-5-6-7-9(2)17-12-10(13)11(14)15-8-16-12/h8-9H,3-7H2,1-2H3,(H3,14,15,16,17). The fourth-order valence-electron chi connectivity index (χ4n) is 1.67. The van der Waals surface area contributed by atoms with Crippen LogP contribution in [0.2, 0.25) is 0 Å². The van der Waals surface area contributed by atoms with Gasteiger partial charge in [-0.1, -0.05) is 32.6 Å². The first-order chi connectivity index (χ1) is 8.15. The third kappa shape index (κ3) is 4.89. The molecule has 0 aromatic carbocycles. The van der Waals surface area contributed by atoms with E-state index in [0.29, 0.717) is 11.9 Å². The first kappa shape index (κ1) is 14.2. The molecule has 1 aromatic heterocycles. The van der Waals surface area contributed by atoms with E-state index in [1.807, 2.05) is 0 Å². The lowest BCUT2D eigenvalue weighted by molar-refractivity contribution is 0.592. The van der Waals surface area contributed by atoms with Crippen molar-refractivity contribution < 1.29 is 0 Å². The molecule has 1 rings (SSSR count). The van der Waals surface area contributed by atoms with E-state index < -0.39 is 0 Å². The lowest BCUT2D eigenvalue weighted by Crippen LogP contribution is -2.16. The van der Waals surface area contributed by atoms with E-state index in [9.17, 15) is 0 Å². The number of nitrogen functional groups attached to an aromatic ring is 1. The third-order valence-corrected chi connectivity index (χ3v) is 3.47. The minimum atomic E-state index is 0.400. The fraction of sp³-hybridized carbons (Fsp3) is 0.667. The first-order valence-electron chi connectivity index (χ1n) is 6.17. The Labute approximate surface area is 112 Å². The SMILES string of the molecule is CCCCCCC(C)Nc1ncnc(N)c1Br. The Morgan fingerprint density at radius 1 is 1.35 bits per heavy atom. The highest BCUT2D eigenvalue weighted by Gasteiger charge is 2.08. The van der Waals surface area contributed by atoms with Gasteiger partial charge in [0.2, 0.25) is 0 Å². The minimum Gasteiger partial charge on any atom is -0.383 e. The summed E-state index contributed by atoms with van der Waals surface area (Å²) in [7, 11) is 0. The average Bonchev–Trinajstić information content (AvgIpc) is 2.31. The second-order valence-corrected chi connectivity index (χ2v) is 5.11. The highest BCUT2D eigenvalue weighted by Crippen LogP contribution is 2.25. The van der Waals surface area contributed by atoms with Crippen molar-refractivity contribution in [3.63, 3.8) is 0 Å². The van der Waals surface area contributed by atoms with E-state index in [1.54, 1.807) is 0 Å². The molecule has 0 saturated carbocycles. The molecule has 3 N–H and O–H groups in total. The Kier molecular flexibility index (Phi) is 6.26. The normalized spacial score (nSPS) is 12.4. The summed E-state index contributed by atoms with van der Waals surface area (Å²) in [6, 6.07) is 0.400. The Morgan fingerprint density at radius 3 is 2.82 bits per heavy atom. The van der Waals surface area contributed by atoms with Crippen LogP contribution in [0.4, 0.5) is 11.6 Å². The van der Waals surface area contributed by atoms with Crippen LogP contribution >= 0.6 is 15.9 Å². The molecule has 17 heavy (non-hydrogen) atoms. The van der Waals surface area contributed by atoms with E-state index in [-0.39, 0.29) is 0 Å². The van der Waals surface area contributed by atoms with Crippen molar-refractivity contribution >= 4 is 27.6 Å². The van der Waals surface area contributed by atoms with Crippen molar-refractivity contribution in [3.05, 3.63) is 10.8 Å². The Morgan fingerprint density at radius 2 is 2.12 bits per heavy atom. The number of nitrogens with one attached hydrogen (secondary N) is 1. The highest BCUT2D eigenvalue weighted by atomic mass is 79.9. The van der Waals surface area contributed by atoms with E-state index in [0.717, 1.165) is 16.7 Å². The van der Waals surface area contributed by atoms with Gasteiger partial charge in [0.05, 0.1) is 0 Å². The number of hydrogen-bond acceptors (Lipinski definition) is 4. The van der Waals surface area contributed by atoms with Crippen LogP contribution in [-0.4, -0.2) is 16.0 Å². The number of rotatable bonds is 7. The summed E-state index contributed by atoms with van der Waals surface area (Å²) >= 11 is 3.39. The van der Waals surface area contributed by atoms with Crippen molar-refractivity contribution in [1.29, 1.82) is 0 Å². The molecule has 1 unspecified atom stereocenters. The molecule has 1 heterocycles. The number of halogens is 1. The monoisotopic (exact) mass is 300 g/mol. The summed E-state index contributed by atoms with van der Waals surface area (Å²) < 4.78 is 0.750. The highest BCUT2D eigenvalue weighted by molar-refractivity contribution is 9.10. The maximum absolute atomic E-state index is 5.70. The van der Waals surface area contributed by atoms with Crippen LogP contribution in [0, 0.1) is 0 Å². The number of nitrogens with two attached hydrogens (primary N) is 1. The van der Waals surface area contributed by atoms with Crippen LogP contribution < -0.4 is 11.1 Å². The zero-order valence-corrected chi connectivity index (χ0v) is 12.1. The number of anilines is 2. The van der Waals surface area contributed by atoms with Crippen molar-refractivity contribution in [2.24, 2.45) is 0 Å². The molecule has 0 aliphatic rings. The van der Waals surface area contributed by atoms with Gasteiger partial charge in [0, 0.05) is 6.04 Å². The van der Waals surface area contributed by atoms with Gasteiger partial charge in [0.15, 0.2) is 0 Å². The van der Waals surface area contributed by atoms with Crippen molar-refractivity contribution in [2.75, 3.05) is 11.1 Å². The number of unbranched alkanes of at least 4 members (excludes halogenated alkanes) is 3. The molecule has 0 fully saturated rings. The molecule has 1 aromatic rings. The van der Waals surface area contributed by atoms with Crippen molar-refractivity contribution in [1.82, 2.24) is 9.97 Å². The largest absolute Gasteiger partial charge is 0.383 e. The maximum Gasteiger partial charge on any atom is 0.146 e. The Bertz CT molecular complexity index is 343. The van der Waals surface area contributed by atoms with Crippen LogP contribution in [0.3, 0.4) is 0 Å². The van der Waals surface area contributed by atoms with Crippen LogP contribution in [0.1, 0.15) is 46.0 Å². The van der Waals surface area contributed by atoms with E-state index in [1.165, 1.54) is 32.0 Å². The minimum absolute atomic E-state index is 0.400. The van der Waals surface area contributed by atoms with Crippen molar-refractivity contribution in [2.45, 2.75) is 52.0 Å². The quantitative estimate of drug-likeness (QED) is 0.755. The third-order valence-electron chi connectivity index (χ3n) is 2.69. The van der Waals surface area contributed by atoms with Gasteiger partial charge in [-0.3, -0.25) is 0 Å². The summed E-state index contributed by atoms with van der Waals surface area (Å²) in [5.41, 5.74) is 5.70. The molecule has 96 valence electrons. The molecule has 4 nitrogen and oxygen atoms in total. The van der Waals surface area contributed by atoms with Crippen LogP contribution in [-0.2, 0) is 0 Å². The first-order valence-corrected chi connectivity index (χ1v) is 6.97. The van der Waals surface area contributed by atoms with Gasteiger partial charge in [0.1, 0.15) is 22.4 Å². The van der Waals surface area contributed by atoms with Gasteiger partial charge < -0.3 is 11.1 Å². The average molecular weight is 301 g/mol. The van der Waals surface area contributed by atoms with Gasteiger partial charge in [-0.2, -0.15) is 0 Å². The van der Waals surface area contributed by atoms with Crippen LogP contribution in [0.25, 0.3) is 0 Å². The van der Waals surface area contributed by atoms with Crippen LogP contribution in [0.5, 0.6) is 0 Å². The molecule has 0 aliphatic heterocycles. The molecular formula is C12H21BrN4. The second-order valence-electron chi connectivity index (χ2n) is 4.32. The van der Waals surface area contributed by atoms with Gasteiger partial charge in [-0.25, -0.2) is 9.97 Å². The topological polar surface area (TPSA) is 63.8 Å². The molecule has 0 radical (unpaired) electrons. The summed E-state index contributed by atoms with van der Waals surface area (Å²) in [4.78, 5) is 8.09. The van der Waals surface area contributed by atoms with Crippen molar-refractivity contribution in [3.8, 4) is 0 Å². The zero-order valence-electron chi connectivity index (χ0n) is 10.5. The predicted molar refractivity (Wildman–Crippen MR) is 76.0 cm³/mol. The lowest BCUT2D eigenvalue weighted by Gasteiger charge is -2.15. The number of nitrogens with zero attached hydrogens (tertiary/aromatic N) is 2. The van der Waals surface area contributed by atoms with Gasteiger partial charge >= 0.3 is 0 Å². The predicted octanol–water partition coefficient (Wildman–Crippen LogP) is 3.59. The molecule has 0 bridgehead atoms. The van der Waals surface area contributed by atoms with Gasteiger partial charge in [-0.05, 0) is 29.3 Å². The molecule has 0 saturated heterocycles. The number of aromatic nitrogens is 2. The summed E-state index contributed by atoms with van der Waals surface area (Å²) in [5.74, 6) is 1.25. The molecule has 0 spiro atoms. The summed E-state index contributed by atoms with van der Waals surface area (Å²) in [6.07, 6.45) is 7.77. The van der Waals surface area contributed by atoms with E-state index in [4.69, 9.17) is 5.73 Å². The molecule has 0 amide bonds. The van der Waals surface area contributed by atoms with Crippen LogP contribution in [0.15, 0.2) is 10.8 Å². The molecular weight excluding hydrogens is 280 g/mol. The second kappa shape index (κ2) is 7.48.